The first-order chi connectivity index (χ1) is 10.0. The number of esters is 1. The fourth-order valence-electron chi connectivity index (χ4n) is 1.98. The molecule has 2 rings (SSSR count). The van der Waals surface area contributed by atoms with Gasteiger partial charge in [-0.15, -0.1) is 11.8 Å². The molecule has 2 atom stereocenters. The fourth-order valence-corrected chi connectivity index (χ4v) is 3.83. The highest BCUT2D eigenvalue weighted by atomic mass is 32.2. The molecule has 22 heavy (non-hydrogen) atoms. The highest BCUT2D eigenvalue weighted by molar-refractivity contribution is 8.00. The van der Waals surface area contributed by atoms with Crippen LogP contribution in [0, 0.1) is 5.92 Å². The van der Waals surface area contributed by atoms with Crippen molar-refractivity contribution in [3.05, 3.63) is 11.5 Å². The Balaban J connectivity index is 2.44. The Hall–Kier alpha value is -1.43. The third kappa shape index (κ3) is 2.53. The summed E-state index contributed by atoms with van der Waals surface area (Å²) in [5.41, 5.74) is -6.25. The van der Waals surface area contributed by atoms with Crippen molar-refractivity contribution in [2.75, 3.05) is 12.9 Å². The molecular formula is C10H10F3NO6S2. The summed E-state index contributed by atoms with van der Waals surface area (Å²) in [5.74, 6) is -3.18. The Bertz CT molecular complexity index is 656. The van der Waals surface area contributed by atoms with Crippen molar-refractivity contribution in [3.8, 4) is 0 Å². The summed E-state index contributed by atoms with van der Waals surface area (Å²) in [6, 6.07) is 0. The molecule has 124 valence electrons. The lowest BCUT2D eigenvalue weighted by Crippen LogP contribution is -2.60. The Morgan fingerprint density at radius 3 is 2.50 bits per heavy atom. The van der Waals surface area contributed by atoms with Crippen LogP contribution in [0.2, 0.25) is 0 Å². The monoisotopic (exact) mass is 361 g/mol. The summed E-state index contributed by atoms with van der Waals surface area (Å²) in [6.07, 6.45) is 0. The third-order valence-corrected chi connectivity index (χ3v) is 5.45. The molecule has 2 aliphatic rings. The highest BCUT2D eigenvalue weighted by Gasteiger charge is 2.54. The van der Waals surface area contributed by atoms with E-state index in [0.29, 0.717) is 0 Å². The summed E-state index contributed by atoms with van der Waals surface area (Å²) in [5, 5.41) is -0.470. The van der Waals surface area contributed by atoms with Crippen LogP contribution in [0.5, 0.6) is 0 Å². The van der Waals surface area contributed by atoms with Crippen LogP contribution in [-0.2, 0) is 28.6 Å². The zero-order chi connectivity index (χ0) is 16.9. The first-order valence-corrected chi connectivity index (χ1v) is 8.24. The van der Waals surface area contributed by atoms with Crippen molar-refractivity contribution in [1.29, 1.82) is 0 Å². The number of thioether (sulfide) groups is 1. The van der Waals surface area contributed by atoms with Crippen molar-refractivity contribution in [3.63, 3.8) is 0 Å². The van der Waals surface area contributed by atoms with Gasteiger partial charge in [0.25, 0.3) is 0 Å². The minimum absolute atomic E-state index is 0.307. The molecule has 0 saturated carbocycles. The topological polar surface area (TPSA) is 90.0 Å². The van der Waals surface area contributed by atoms with E-state index < -0.39 is 50.3 Å². The molecule has 0 spiro atoms. The second-order valence-electron chi connectivity index (χ2n) is 4.45. The zero-order valence-electron chi connectivity index (χ0n) is 11.2. The van der Waals surface area contributed by atoms with Crippen LogP contribution in [0.3, 0.4) is 0 Å². The van der Waals surface area contributed by atoms with Gasteiger partial charge in [0.15, 0.2) is 11.5 Å². The Labute approximate surface area is 127 Å². The number of carbonyl (C=O) groups is 2. The number of β-lactam (4-membered cyclic amide) rings is 1. The molecule has 12 heteroatoms. The Morgan fingerprint density at radius 1 is 1.41 bits per heavy atom. The fraction of sp³-hybridized carbons (Fsp3) is 0.600. The average molecular weight is 361 g/mol. The molecule has 0 radical (unpaired) electrons. The number of carbonyl (C=O) groups excluding carboxylic acids is 2. The van der Waals surface area contributed by atoms with Gasteiger partial charge in [0.2, 0.25) is 5.91 Å². The first kappa shape index (κ1) is 16.9. The van der Waals surface area contributed by atoms with Crippen LogP contribution in [0.15, 0.2) is 11.5 Å². The predicted octanol–water partition coefficient (Wildman–Crippen LogP) is 0.788. The van der Waals surface area contributed by atoms with Gasteiger partial charge in [-0.2, -0.15) is 21.6 Å². The number of rotatable bonds is 3. The maximum atomic E-state index is 12.4. The van der Waals surface area contributed by atoms with Crippen LogP contribution in [0.25, 0.3) is 0 Å². The molecule has 0 aliphatic carbocycles. The van der Waals surface area contributed by atoms with E-state index in [1.54, 1.807) is 6.92 Å². The maximum absolute atomic E-state index is 12.4. The second-order valence-corrected chi connectivity index (χ2v) is 7.09. The number of halogens is 3. The van der Waals surface area contributed by atoms with Crippen LogP contribution in [-0.4, -0.2) is 48.9 Å². The number of fused-ring (bicyclic) bond motifs is 1. The van der Waals surface area contributed by atoms with E-state index in [1.807, 2.05) is 0 Å². The molecule has 7 nitrogen and oxygen atoms in total. The summed E-state index contributed by atoms with van der Waals surface area (Å²) in [4.78, 5) is 24.4. The maximum Gasteiger partial charge on any atom is 0.534 e. The van der Waals surface area contributed by atoms with Gasteiger partial charge in [-0.3, -0.25) is 9.69 Å². The number of nitrogens with zero attached hydrogens (tertiary/aromatic N) is 1. The van der Waals surface area contributed by atoms with Gasteiger partial charge < -0.3 is 8.92 Å². The molecule has 0 bridgehead atoms. The summed E-state index contributed by atoms with van der Waals surface area (Å²) in [7, 11) is -4.98. The SMILES string of the molecule is COC(=O)C1=C(OS(=O)(=O)C(F)(F)F)CSC2C(C)C(=O)N12. The van der Waals surface area contributed by atoms with E-state index in [1.165, 1.54) is 0 Å². The van der Waals surface area contributed by atoms with Gasteiger partial charge in [0.1, 0.15) is 0 Å². The van der Waals surface area contributed by atoms with Gasteiger partial charge in [-0.25, -0.2) is 4.79 Å². The van der Waals surface area contributed by atoms with Crippen molar-refractivity contribution in [1.82, 2.24) is 4.90 Å². The summed E-state index contributed by atoms with van der Waals surface area (Å²) in [6.45, 7) is 1.59. The van der Waals surface area contributed by atoms with Gasteiger partial charge >= 0.3 is 21.6 Å². The zero-order valence-corrected chi connectivity index (χ0v) is 12.8. The Morgan fingerprint density at radius 2 is 2.00 bits per heavy atom. The number of alkyl halides is 3. The molecule has 0 aromatic carbocycles. The second kappa shape index (κ2) is 5.33. The molecule has 2 heterocycles. The van der Waals surface area contributed by atoms with Crippen LogP contribution >= 0.6 is 11.8 Å². The molecule has 1 amide bonds. The minimum Gasteiger partial charge on any atom is -0.464 e. The van der Waals surface area contributed by atoms with Crippen molar-refractivity contribution >= 4 is 33.8 Å². The van der Waals surface area contributed by atoms with Gasteiger partial charge in [-0.05, 0) is 0 Å². The molecule has 0 aromatic rings. The molecule has 0 aromatic heterocycles. The normalized spacial score (nSPS) is 25.5. The molecular weight excluding hydrogens is 351 g/mol. The summed E-state index contributed by atoms with van der Waals surface area (Å²) >= 11 is 0.999. The molecule has 2 aliphatic heterocycles. The predicted molar refractivity (Wildman–Crippen MR) is 67.4 cm³/mol. The minimum atomic E-state index is -5.94. The van der Waals surface area contributed by atoms with Crippen molar-refractivity contribution in [2.45, 2.75) is 17.8 Å². The van der Waals surface area contributed by atoms with Crippen molar-refractivity contribution < 1.29 is 40.1 Å². The van der Waals surface area contributed by atoms with Gasteiger partial charge in [0, 0.05) is 0 Å². The van der Waals surface area contributed by atoms with E-state index >= 15 is 0 Å². The quantitative estimate of drug-likeness (QED) is 0.318. The van der Waals surface area contributed by atoms with Crippen LogP contribution < -0.4 is 0 Å². The van der Waals surface area contributed by atoms with Crippen LogP contribution in [0.4, 0.5) is 13.2 Å². The number of hydrogen-bond donors (Lipinski definition) is 0. The number of amides is 1. The van der Waals surface area contributed by atoms with E-state index in [0.717, 1.165) is 23.8 Å². The van der Waals surface area contributed by atoms with E-state index in [4.69, 9.17) is 0 Å². The number of methoxy groups -OCH3 is 1. The van der Waals surface area contributed by atoms with Gasteiger partial charge in [-0.1, -0.05) is 6.92 Å². The molecule has 2 unspecified atom stereocenters. The molecule has 0 N–H and O–H groups in total. The molecule has 1 fully saturated rings. The Kier molecular flexibility index (Phi) is 4.11. The number of ether oxygens (including phenoxy) is 1. The average Bonchev–Trinajstić information content (AvgIpc) is 2.43. The van der Waals surface area contributed by atoms with Crippen molar-refractivity contribution in [2.24, 2.45) is 5.92 Å². The largest absolute Gasteiger partial charge is 0.534 e. The van der Waals surface area contributed by atoms with E-state index in [2.05, 4.69) is 8.92 Å². The van der Waals surface area contributed by atoms with E-state index in [-0.39, 0.29) is 5.75 Å². The summed E-state index contributed by atoms with van der Waals surface area (Å²) < 4.78 is 67.7. The first-order valence-electron chi connectivity index (χ1n) is 5.78. The van der Waals surface area contributed by atoms with Gasteiger partial charge in [0.05, 0.1) is 24.2 Å². The standard InChI is InChI=1S/C10H10F3NO6S2/c1-4-7(15)14-6(9(16)19-2)5(3-21-8(4)14)20-22(17,18)10(11,12)13/h4,8H,3H2,1-2H3. The lowest BCUT2D eigenvalue weighted by Gasteiger charge is -2.47. The van der Waals surface area contributed by atoms with Crippen LogP contribution in [0.1, 0.15) is 6.92 Å². The lowest BCUT2D eigenvalue weighted by molar-refractivity contribution is -0.153. The van der Waals surface area contributed by atoms with E-state index in [9.17, 15) is 31.2 Å². The smallest absolute Gasteiger partial charge is 0.464 e. The lowest BCUT2D eigenvalue weighted by atomic mass is 9.99. The number of hydrogen-bond acceptors (Lipinski definition) is 7. The molecule has 1 saturated heterocycles. The third-order valence-electron chi connectivity index (χ3n) is 3.07. The highest BCUT2D eigenvalue weighted by Crippen LogP contribution is 2.44.